The molecule has 0 aliphatic heterocycles. The zero-order valence-corrected chi connectivity index (χ0v) is 14.1. The van der Waals surface area contributed by atoms with Crippen molar-refractivity contribution in [2.75, 3.05) is 12.0 Å². The predicted octanol–water partition coefficient (Wildman–Crippen LogP) is 2.06. The summed E-state index contributed by atoms with van der Waals surface area (Å²) in [6, 6.07) is 5.50. The molecule has 0 fully saturated rings. The van der Waals surface area contributed by atoms with Crippen molar-refractivity contribution >= 4 is 17.4 Å². The van der Waals surface area contributed by atoms with Crippen molar-refractivity contribution < 1.29 is 14.3 Å². The summed E-state index contributed by atoms with van der Waals surface area (Å²) in [7, 11) is 0. The SMILES string of the molecule is CC(=O)OCc1ccc(NN[C@@H](CCCCN)C(C)=O)cc1C. The van der Waals surface area contributed by atoms with Gasteiger partial charge in [-0.2, -0.15) is 0 Å². The van der Waals surface area contributed by atoms with E-state index in [1.807, 2.05) is 25.1 Å². The van der Waals surface area contributed by atoms with Crippen LogP contribution in [-0.4, -0.2) is 24.3 Å². The van der Waals surface area contributed by atoms with Crippen LogP contribution in [0.3, 0.4) is 0 Å². The van der Waals surface area contributed by atoms with E-state index in [9.17, 15) is 9.59 Å². The Morgan fingerprint density at radius 3 is 2.57 bits per heavy atom. The maximum atomic E-state index is 11.6. The standard InChI is InChI=1S/C17H27N3O3/c1-12-10-16(8-7-15(12)11-23-14(3)22)19-20-17(13(2)21)6-4-5-9-18/h7-8,10,17,19-20H,4-6,9,11,18H2,1-3H3/t17-/m0/s1. The van der Waals surface area contributed by atoms with Gasteiger partial charge in [-0.1, -0.05) is 12.5 Å². The molecule has 1 aromatic rings. The second-order valence-electron chi connectivity index (χ2n) is 5.64. The Morgan fingerprint density at radius 1 is 1.26 bits per heavy atom. The third kappa shape index (κ3) is 7.25. The molecule has 0 saturated heterocycles. The van der Waals surface area contributed by atoms with Crippen LogP contribution in [0.25, 0.3) is 0 Å². The number of esters is 1. The number of carbonyl (C=O) groups is 2. The summed E-state index contributed by atoms with van der Waals surface area (Å²) in [6.45, 7) is 5.83. The quantitative estimate of drug-likeness (QED) is 0.347. The largest absolute Gasteiger partial charge is 0.461 e. The maximum Gasteiger partial charge on any atom is 0.302 e. The Kier molecular flexibility index (Phi) is 8.29. The van der Waals surface area contributed by atoms with Gasteiger partial charge in [0.1, 0.15) is 12.4 Å². The van der Waals surface area contributed by atoms with Gasteiger partial charge in [0.2, 0.25) is 0 Å². The van der Waals surface area contributed by atoms with Crippen LogP contribution in [0.4, 0.5) is 5.69 Å². The second-order valence-corrected chi connectivity index (χ2v) is 5.64. The number of aryl methyl sites for hydroxylation is 1. The number of carbonyl (C=O) groups excluding carboxylic acids is 2. The fourth-order valence-corrected chi connectivity index (χ4v) is 2.16. The first-order chi connectivity index (χ1) is 10.9. The lowest BCUT2D eigenvalue weighted by Gasteiger charge is -2.18. The van der Waals surface area contributed by atoms with E-state index in [-0.39, 0.29) is 24.4 Å². The Hall–Kier alpha value is -1.92. The Morgan fingerprint density at radius 2 is 2.00 bits per heavy atom. The molecule has 0 bridgehead atoms. The molecule has 128 valence electrons. The first-order valence-electron chi connectivity index (χ1n) is 7.89. The van der Waals surface area contributed by atoms with Crippen LogP contribution in [0.15, 0.2) is 18.2 Å². The number of ketones is 1. The summed E-state index contributed by atoms with van der Waals surface area (Å²) in [5.41, 5.74) is 14.4. The number of nitrogens with one attached hydrogen (secondary N) is 2. The maximum absolute atomic E-state index is 11.6. The van der Waals surface area contributed by atoms with E-state index in [4.69, 9.17) is 10.5 Å². The monoisotopic (exact) mass is 321 g/mol. The number of nitrogens with two attached hydrogens (primary N) is 1. The van der Waals surface area contributed by atoms with Crippen LogP contribution in [0, 0.1) is 6.92 Å². The Labute approximate surface area is 137 Å². The van der Waals surface area contributed by atoms with Crippen LogP contribution >= 0.6 is 0 Å². The first-order valence-corrected chi connectivity index (χ1v) is 7.89. The van der Waals surface area contributed by atoms with Gasteiger partial charge in [-0.15, -0.1) is 0 Å². The number of benzene rings is 1. The van der Waals surface area contributed by atoms with Crippen LogP contribution in [-0.2, 0) is 20.9 Å². The lowest BCUT2D eigenvalue weighted by atomic mass is 10.1. The minimum Gasteiger partial charge on any atom is -0.461 e. The van der Waals surface area contributed by atoms with Crippen LogP contribution in [0.2, 0.25) is 0 Å². The topological polar surface area (TPSA) is 93.4 Å². The van der Waals surface area contributed by atoms with Gasteiger partial charge in [-0.3, -0.25) is 9.59 Å². The fraction of sp³-hybridized carbons (Fsp3) is 0.529. The van der Waals surface area contributed by atoms with Gasteiger partial charge >= 0.3 is 5.97 Å². The van der Waals surface area contributed by atoms with E-state index in [0.29, 0.717) is 6.54 Å². The average molecular weight is 321 g/mol. The summed E-state index contributed by atoms with van der Waals surface area (Å²) >= 11 is 0. The van der Waals surface area contributed by atoms with E-state index in [0.717, 1.165) is 36.1 Å². The van der Waals surface area contributed by atoms with Gasteiger partial charge in [-0.05, 0) is 56.5 Å². The highest BCUT2D eigenvalue weighted by Crippen LogP contribution is 2.16. The lowest BCUT2D eigenvalue weighted by molar-refractivity contribution is -0.142. The third-order valence-corrected chi connectivity index (χ3v) is 3.60. The smallest absolute Gasteiger partial charge is 0.302 e. The third-order valence-electron chi connectivity index (χ3n) is 3.60. The molecule has 6 nitrogen and oxygen atoms in total. The summed E-state index contributed by atoms with van der Waals surface area (Å²) in [4.78, 5) is 22.5. The number of anilines is 1. The van der Waals surface area contributed by atoms with Gasteiger partial charge in [0, 0.05) is 12.6 Å². The van der Waals surface area contributed by atoms with E-state index >= 15 is 0 Å². The summed E-state index contributed by atoms with van der Waals surface area (Å²) in [5.74, 6) is -0.201. The van der Waals surface area contributed by atoms with Gasteiger partial charge in [0.05, 0.1) is 6.04 Å². The highest BCUT2D eigenvalue weighted by Gasteiger charge is 2.13. The van der Waals surface area contributed by atoms with Crippen molar-refractivity contribution in [3.63, 3.8) is 0 Å². The molecule has 0 radical (unpaired) electrons. The Bertz CT molecular complexity index is 532. The van der Waals surface area contributed by atoms with Gasteiger partial charge in [0.15, 0.2) is 0 Å². The normalized spacial score (nSPS) is 11.8. The molecule has 0 spiro atoms. The van der Waals surface area contributed by atoms with E-state index in [1.165, 1.54) is 6.92 Å². The molecule has 0 aliphatic rings. The number of unbranched alkanes of at least 4 members (excludes halogenated alkanes) is 1. The van der Waals surface area contributed by atoms with Crippen LogP contribution in [0.5, 0.6) is 0 Å². The minimum absolute atomic E-state index is 0.0951. The van der Waals surface area contributed by atoms with Gasteiger partial charge in [0.25, 0.3) is 0 Å². The molecule has 0 aromatic heterocycles. The average Bonchev–Trinajstić information content (AvgIpc) is 2.49. The van der Waals surface area contributed by atoms with Crippen molar-refractivity contribution in [3.8, 4) is 0 Å². The number of hydrogen-bond donors (Lipinski definition) is 3. The molecule has 4 N–H and O–H groups in total. The summed E-state index contributed by atoms with van der Waals surface area (Å²) in [6.07, 6.45) is 2.58. The van der Waals surface area contributed by atoms with Crippen LogP contribution in [0.1, 0.15) is 44.2 Å². The predicted molar refractivity (Wildman–Crippen MR) is 90.8 cm³/mol. The molecular formula is C17H27N3O3. The number of hydrazine groups is 1. The fourth-order valence-electron chi connectivity index (χ4n) is 2.16. The zero-order chi connectivity index (χ0) is 17.2. The zero-order valence-electron chi connectivity index (χ0n) is 14.1. The van der Waals surface area contributed by atoms with Crippen molar-refractivity contribution in [1.29, 1.82) is 0 Å². The highest BCUT2D eigenvalue weighted by atomic mass is 16.5. The molecule has 6 heteroatoms. The van der Waals surface area contributed by atoms with Gasteiger partial charge in [-0.25, -0.2) is 5.43 Å². The molecule has 1 aromatic carbocycles. The summed E-state index contributed by atoms with van der Waals surface area (Å²) in [5, 5.41) is 0. The van der Waals surface area contributed by atoms with Crippen molar-refractivity contribution in [3.05, 3.63) is 29.3 Å². The van der Waals surface area contributed by atoms with Crippen molar-refractivity contribution in [2.24, 2.45) is 5.73 Å². The summed E-state index contributed by atoms with van der Waals surface area (Å²) < 4.78 is 5.00. The lowest BCUT2D eigenvalue weighted by Crippen LogP contribution is -2.39. The van der Waals surface area contributed by atoms with E-state index in [2.05, 4.69) is 10.9 Å². The number of rotatable bonds is 10. The van der Waals surface area contributed by atoms with Crippen molar-refractivity contribution in [1.82, 2.24) is 5.43 Å². The molecule has 0 heterocycles. The molecule has 1 rings (SSSR count). The first kappa shape index (κ1) is 19.1. The molecule has 0 amide bonds. The number of hydrogen-bond acceptors (Lipinski definition) is 6. The van der Waals surface area contributed by atoms with Gasteiger partial charge < -0.3 is 15.9 Å². The molecule has 1 atom stereocenters. The number of Topliss-reactive ketones (excluding diaryl/α,β-unsaturated/α-hetero) is 1. The molecule has 0 aliphatic carbocycles. The molecular weight excluding hydrogens is 294 g/mol. The minimum atomic E-state index is -0.296. The number of ether oxygens (including phenoxy) is 1. The van der Waals surface area contributed by atoms with E-state index < -0.39 is 0 Å². The van der Waals surface area contributed by atoms with Crippen LogP contribution < -0.4 is 16.6 Å². The Balaban J connectivity index is 2.57. The molecule has 23 heavy (non-hydrogen) atoms. The highest BCUT2D eigenvalue weighted by molar-refractivity contribution is 5.81. The molecule has 0 saturated carbocycles. The molecule has 0 unspecified atom stereocenters. The van der Waals surface area contributed by atoms with E-state index in [1.54, 1.807) is 6.92 Å². The van der Waals surface area contributed by atoms with Crippen molar-refractivity contribution in [2.45, 2.75) is 52.7 Å². The second kappa shape index (κ2) is 9.97.